The smallest absolute Gasteiger partial charge is 0.252 e. The van der Waals surface area contributed by atoms with Gasteiger partial charge in [-0.15, -0.1) is 0 Å². The van der Waals surface area contributed by atoms with Gasteiger partial charge in [0.05, 0.1) is 11.1 Å². The second-order valence-electron chi connectivity index (χ2n) is 7.20. The third-order valence-electron chi connectivity index (χ3n) is 5.15. The Bertz CT molecular complexity index is 1060. The van der Waals surface area contributed by atoms with Crippen molar-refractivity contribution < 1.29 is 9.18 Å². The Morgan fingerprint density at radius 3 is 2.79 bits per heavy atom. The SMILES string of the molecule is NC(=O)c1cc(F)c(NC2CCCC[C@@H]2N)nc1Nc1ccc2cncnc2c1. The first-order chi connectivity index (χ1) is 14.0. The van der Waals surface area contributed by atoms with E-state index in [2.05, 4.69) is 25.6 Å². The molecule has 1 fully saturated rings. The van der Waals surface area contributed by atoms with Crippen molar-refractivity contribution in [1.29, 1.82) is 0 Å². The normalized spacial score (nSPS) is 19.1. The van der Waals surface area contributed by atoms with Crippen LogP contribution in [0.2, 0.25) is 0 Å². The number of nitrogens with two attached hydrogens (primary N) is 2. The molecule has 0 aliphatic heterocycles. The second-order valence-corrected chi connectivity index (χ2v) is 7.20. The first-order valence-corrected chi connectivity index (χ1v) is 9.50. The van der Waals surface area contributed by atoms with E-state index in [0.717, 1.165) is 42.7 Å². The minimum Gasteiger partial charge on any atom is -0.365 e. The molecule has 2 aromatic heterocycles. The Kier molecular flexibility index (Phi) is 5.22. The van der Waals surface area contributed by atoms with E-state index in [-0.39, 0.29) is 29.3 Å². The lowest BCUT2D eigenvalue weighted by atomic mass is 9.91. The number of carbonyl (C=O) groups excluding carboxylic acids is 1. The van der Waals surface area contributed by atoms with Crippen molar-refractivity contribution in [2.45, 2.75) is 37.8 Å². The fourth-order valence-electron chi connectivity index (χ4n) is 3.58. The molecule has 1 aliphatic rings. The number of fused-ring (bicyclic) bond motifs is 1. The fourth-order valence-corrected chi connectivity index (χ4v) is 3.58. The van der Waals surface area contributed by atoms with E-state index in [0.29, 0.717) is 5.69 Å². The zero-order chi connectivity index (χ0) is 20.4. The highest BCUT2D eigenvalue weighted by Gasteiger charge is 2.24. The van der Waals surface area contributed by atoms with Crippen molar-refractivity contribution in [3.8, 4) is 0 Å². The van der Waals surface area contributed by atoms with Gasteiger partial charge in [0.25, 0.3) is 5.91 Å². The molecule has 4 rings (SSSR count). The van der Waals surface area contributed by atoms with Gasteiger partial charge in [0, 0.05) is 29.4 Å². The number of benzene rings is 1. The molecular formula is C20H22FN7O. The maximum absolute atomic E-state index is 14.6. The summed E-state index contributed by atoms with van der Waals surface area (Å²) in [5, 5.41) is 7.02. The standard InChI is InChI=1S/C20H22FN7O/c21-14-8-13(18(23)29)19(28-20(14)27-16-4-2-1-3-15(16)22)26-12-6-5-11-9-24-10-25-17(11)7-12/h5-10,15-16H,1-4,22H2,(H2,23,29)(H2,26,27,28)/t15-,16?/m0/s1. The molecule has 150 valence electrons. The number of hydrogen-bond donors (Lipinski definition) is 4. The summed E-state index contributed by atoms with van der Waals surface area (Å²) >= 11 is 0. The highest BCUT2D eigenvalue weighted by atomic mass is 19.1. The minimum absolute atomic E-state index is 0.0382. The molecule has 6 N–H and O–H groups in total. The lowest BCUT2D eigenvalue weighted by Gasteiger charge is -2.30. The van der Waals surface area contributed by atoms with E-state index >= 15 is 0 Å². The molecule has 8 nitrogen and oxygen atoms in total. The van der Waals surface area contributed by atoms with Gasteiger partial charge in [-0.25, -0.2) is 19.3 Å². The van der Waals surface area contributed by atoms with Crippen molar-refractivity contribution in [1.82, 2.24) is 15.0 Å². The van der Waals surface area contributed by atoms with Crippen molar-refractivity contribution in [2.75, 3.05) is 10.6 Å². The van der Waals surface area contributed by atoms with E-state index in [9.17, 15) is 9.18 Å². The summed E-state index contributed by atoms with van der Waals surface area (Å²) < 4.78 is 14.6. The number of nitrogens with one attached hydrogen (secondary N) is 2. The van der Waals surface area contributed by atoms with Crippen LogP contribution in [0.15, 0.2) is 36.8 Å². The van der Waals surface area contributed by atoms with Gasteiger partial charge in [0.1, 0.15) is 12.1 Å². The van der Waals surface area contributed by atoms with Crippen LogP contribution in [0.1, 0.15) is 36.0 Å². The first kappa shape index (κ1) is 19.0. The highest BCUT2D eigenvalue weighted by Crippen LogP contribution is 2.27. The molecule has 1 unspecified atom stereocenters. The van der Waals surface area contributed by atoms with Gasteiger partial charge in [0.15, 0.2) is 11.6 Å². The number of hydrogen-bond acceptors (Lipinski definition) is 7. The molecule has 1 aliphatic carbocycles. The summed E-state index contributed by atoms with van der Waals surface area (Å²) in [6, 6.07) is 6.37. The summed E-state index contributed by atoms with van der Waals surface area (Å²) in [5.41, 5.74) is 12.9. The van der Waals surface area contributed by atoms with Crippen LogP contribution >= 0.6 is 0 Å². The Hall–Kier alpha value is -3.33. The Balaban J connectivity index is 1.67. The van der Waals surface area contributed by atoms with Crippen molar-refractivity contribution in [3.05, 3.63) is 48.2 Å². The van der Waals surface area contributed by atoms with E-state index < -0.39 is 11.7 Å². The predicted octanol–water partition coefficient (Wildman–Crippen LogP) is 2.69. The Labute approximate surface area is 166 Å². The van der Waals surface area contributed by atoms with Gasteiger partial charge in [-0.1, -0.05) is 12.8 Å². The summed E-state index contributed by atoms with van der Waals surface area (Å²) in [5.74, 6) is -1.21. The van der Waals surface area contributed by atoms with Crippen molar-refractivity contribution >= 4 is 34.1 Å². The van der Waals surface area contributed by atoms with Gasteiger partial charge >= 0.3 is 0 Å². The van der Waals surface area contributed by atoms with Crippen LogP contribution in [0.3, 0.4) is 0 Å². The number of pyridine rings is 1. The van der Waals surface area contributed by atoms with Crippen LogP contribution in [0, 0.1) is 5.82 Å². The molecule has 9 heteroatoms. The van der Waals surface area contributed by atoms with Crippen LogP contribution < -0.4 is 22.1 Å². The molecule has 0 bridgehead atoms. The van der Waals surface area contributed by atoms with Crippen molar-refractivity contribution in [2.24, 2.45) is 11.5 Å². The third-order valence-corrected chi connectivity index (χ3v) is 5.15. The van der Waals surface area contributed by atoms with Crippen LogP contribution in [-0.2, 0) is 0 Å². The first-order valence-electron chi connectivity index (χ1n) is 9.50. The molecule has 0 spiro atoms. The molecule has 0 saturated heterocycles. The van der Waals surface area contributed by atoms with Crippen molar-refractivity contribution in [3.63, 3.8) is 0 Å². The summed E-state index contributed by atoms with van der Waals surface area (Å²) in [4.78, 5) is 24.3. The topological polar surface area (TPSA) is 132 Å². The Morgan fingerprint density at radius 1 is 1.17 bits per heavy atom. The average molecular weight is 395 g/mol. The fraction of sp³-hybridized carbons (Fsp3) is 0.300. The number of anilines is 3. The maximum atomic E-state index is 14.6. The number of aromatic nitrogens is 3. The van der Waals surface area contributed by atoms with Crippen LogP contribution in [-0.4, -0.2) is 32.9 Å². The second kappa shape index (κ2) is 7.96. The van der Waals surface area contributed by atoms with Gasteiger partial charge < -0.3 is 22.1 Å². The van der Waals surface area contributed by atoms with Crippen LogP contribution in [0.4, 0.5) is 21.7 Å². The molecule has 3 aromatic rings. The maximum Gasteiger partial charge on any atom is 0.252 e. The molecule has 1 saturated carbocycles. The number of nitrogens with zero attached hydrogens (tertiary/aromatic N) is 3. The molecule has 1 aromatic carbocycles. The summed E-state index contributed by atoms with van der Waals surface area (Å²) in [6.45, 7) is 0. The third kappa shape index (κ3) is 4.09. The summed E-state index contributed by atoms with van der Waals surface area (Å²) in [6.07, 6.45) is 6.96. The van der Waals surface area contributed by atoms with Crippen LogP contribution in [0.25, 0.3) is 10.9 Å². The minimum atomic E-state index is -0.775. The quantitative estimate of drug-likeness (QED) is 0.522. The van der Waals surface area contributed by atoms with Gasteiger partial charge in [0.2, 0.25) is 0 Å². The zero-order valence-corrected chi connectivity index (χ0v) is 15.7. The molecule has 1 amide bonds. The van der Waals surface area contributed by atoms with E-state index in [1.54, 1.807) is 18.3 Å². The van der Waals surface area contributed by atoms with E-state index in [1.165, 1.54) is 6.33 Å². The molecular weight excluding hydrogens is 373 g/mol. The van der Waals surface area contributed by atoms with Crippen LogP contribution in [0.5, 0.6) is 0 Å². The Morgan fingerprint density at radius 2 is 2.00 bits per heavy atom. The number of amides is 1. The number of primary amides is 1. The number of carbonyl (C=O) groups is 1. The largest absolute Gasteiger partial charge is 0.365 e. The zero-order valence-electron chi connectivity index (χ0n) is 15.7. The number of halogens is 1. The molecule has 2 heterocycles. The van der Waals surface area contributed by atoms with Gasteiger partial charge in [-0.3, -0.25) is 4.79 Å². The lowest BCUT2D eigenvalue weighted by molar-refractivity contribution is 0.100. The van der Waals surface area contributed by atoms with Gasteiger partial charge in [-0.2, -0.15) is 0 Å². The average Bonchev–Trinajstić information content (AvgIpc) is 2.71. The molecule has 29 heavy (non-hydrogen) atoms. The lowest BCUT2D eigenvalue weighted by Crippen LogP contribution is -2.43. The van der Waals surface area contributed by atoms with E-state index in [4.69, 9.17) is 11.5 Å². The predicted molar refractivity (Wildman–Crippen MR) is 109 cm³/mol. The molecule has 2 atom stereocenters. The highest BCUT2D eigenvalue weighted by molar-refractivity contribution is 5.99. The number of rotatable bonds is 5. The van der Waals surface area contributed by atoms with E-state index in [1.807, 2.05) is 6.07 Å². The molecule has 0 radical (unpaired) electrons. The van der Waals surface area contributed by atoms with Gasteiger partial charge in [-0.05, 0) is 37.1 Å². The summed E-state index contributed by atoms with van der Waals surface area (Å²) in [7, 11) is 0. The monoisotopic (exact) mass is 395 g/mol.